The predicted octanol–water partition coefficient (Wildman–Crippen LogP) is 3.78. The molecule has 2 aliphatic rings. The molecule has 0 aromatic carbocycles. The minimum absolute atomic E-state index is 0.00313. The van der Waals surface area contributed by atoms with Gasteiger partial charge in [0, 0.05) is 12.0 Å². The highest BCUT2D eigenvalue weighted by Crippen LogP contribution is 2.40. The first kappa shape index (κ1) is 18.6. The lowest BCUT2D eigenvalue weighted by atomic mass is 9.68. The molecule has 0 saturated heterocycles. The summed E-state index contributed by atoms with van der Waals surface area (Å²) in [7, 11) is 0. The third-order valence-corrected chi connectivity index (χ3v) is 5.81. The average molecular weight is 326 g/mol. The standard InChI is InChI=1S/C19H34O4/c1-12-5-7-14(10-16(12)20)18(22)23-11-13-6-8-15(17(21)9-13)19(2,3)4/h12-13,15-17,20-22H,5-11H2,1-4H3/b18-14-. The molecule has 2 saturated carbocycles. The molecule has 4 nitrogen and oxygen atoms in total. The summed E-state index contributed by atoms with van der Waals surface area (Å²) in [5, 5.41) is 30.4. The van der Waals surface area contributed by atoms with Gasteiger partial charge in [-0.05, 0) is 55.3 Å². The van der Waals surface area contributed by atoms with Gasteiger partial charge >= 0.3 is 0 Å². The Hall–Kier alpha value is -0.740. The van der Waals surface area contributed by atoms with Gasteiger partial charge in [-0.25, -0.2) is 0 Å². The minimum Gasteiger partial charge on any atom is -0.481 e. The van der Waals surface area contributed by atoms with Crippen molar-refractivity contribution in [1.82, 2.24) is 0 Å². The predicted molar refractivity (Wildman–Crippen MR) is 90.9 cm³/mol. The second kappa shape index (κ2) is 7.43. The van der Waals surface area contributed by atoms with Crippen molar-refractivity contribution in [1.29, 1.82) is 0 Å². The Balaban J connectivity index is 1.83. The molecule has 2 aliphatic carbocycles. The van der Waals surface area contributed by atoms with Crippen LogP contribution in [0.15, 0.2) is 11.5 Å². The van der Waals surface area contributed by atoms with Crippen LogP contribution in [0.3, 0.4) is 0 Å². The van der Waals surface area contributed by atoms with Crippen LogP contribution >= 0.6 is 0 Å². The van der Waals surface area contributed by atoms with Crippen LogP contribution in [0.5, 0.6) is 0 Å². The van der Waals surface area contributed by atoms with Crippen molar-refractivity contribution in [3.63, 3.8) is 0 Å². The van der Waals surface area contributed by atoms with E-state index in [2.05, 4.69) is 20.8 Å². The fourth-order valence-corrected chi connectivity index (χ4v) is 4.04. The highest BCUT2D eigenvalue weighted by Gasteiger charge is 2.36. The molecule has 0 aliphatic heterocycles. The van der Waals surface area contributed by atoms with Gasteiger partial charge in [0.15, 0.2) is 0 Å². The molecule has 3 N–H and O–H groups in total. The number of ether oxygens (including phenoxy) is 1. The van der Waals surface area contributed by atoms with Gasteiger partial charge in [-0.15, -0.1) is 0 Å². The lowest BCUT2D eigenvalue weighted by Gasteiger charge is -2.40. The van der Waals surface area contributed by atoms with E-state index in [0.29, 0.717) is 24.9 Å². The van der Waals surface area contributed by atoms with E-state index in [-0.39, 0.29) is 29.5 Å². The summed E-state index contributed by atoms with van der Waals surface area (Å²) in [6.45, 7) is 9.04. The molecule has 0 amide bonds. The topological polar surface area (TPSA) is 69.9 Å². The van der Waals surface area contributed by atoms with Crippen LogP contribution in [0.2, 0.25) is 0 Å². The van der Waals surface area contributed by atoms with Crippen LogP contribution < -0.4 is 0 Å². The molecule has 23 heavy (non-hydrogen) atoms. The summed E-state index contributed by atoms with van der Waals surface area (Å²) < 4.78 is 5.59. The Labute approximate surface area is 140 Å². The maximum atomic E-state index is 10.4. The Morgan fingerprint density at radius 3 is 2.39 bits per heavy atom. The Morgan fingerprint density at radius 1 is 1.13 bits per heavy atom. The molecule has 134 valence electrons. The molecule has 0 radical (unpaired) electrons. The SMILES string of the molecule is CC1CC/C(=C(\O)OCC2CCC(C(C)(C)C)C(O)C2)CC1O. The van der Waals surface area contributed by atoms with Crippen molar-refractivity contribution in [2.75, 3.05) is 6.61 Å². The van der Waals surface area contributed by atoms with Crippen LogP contribution in [0.25, 0.3) is 0 Å². The van der Waals surface area contributed by atoms with E-state index in [1.807, 2.05) is 6.92 Å². The quantitative estimate of drug-likeness (QED) is 0.690. The molecular formula is C19H34O4. The summed E-state index contributed by atoms with van der Waals surface area (Å²) in [5.41, 5.74) is 0.962. The molecule has 2 rings (SSSR count). The van der Waals surface area contributed by atoms with Gasteiger partial charge in [0.2, 0.25) is 0 Å². The largest absolute Gasteiger partial charge is 0.481 e. The Morgan fingerprint density at radius 2 is 1.83 bits per heavy atom. The highest BCUT2D eigenvalue weighted by molar-refractivity contribution is 5.08. The molecule has 5 atom stereocenters. The normalized spacial score (nSPS) is 38.3. The Bertz CT molecular complexity index is 424. The number of aliphatic hydroxyl groups is 3. The number of aliphatic hydroxyl groups excluding tert-OH is 3. The fourth-order valence-electron chi connectivity index (χ4n) is 4.04. The van der Waals surface area contributed by atoms with Crippen molar-refractivity contribution in [2.24, 2.45) is 23.2 Å². The van der Waals surface area contributed by atoms with Crippen molar-refractivity contribution in [3.05, 3.63) is 11.5 Å². The van der Waals surface area contributed by atoms with Gasteiger partial charge in [0.05, 0.1) is 18.8 Å². The van der Waals surface area contributed by atoms with Crippen LogP contribution in [0.4, 0.5) is 0 Å². The number of hydrogen-bond donors (Lipinski definition) is 3. The first-order valence-corrected chi connectivity index (χ1v) is 9.08. The lowest BCUT2D eigenvalue weighted by Crippen LogP contribution is -2.38. The van der Waals surface area contributed by atoms with Crippen LogP contribution in [-0.2, 0) is 4.74 Å². The number of hydrogen-bond acceptors (Lipinski definition) is 4. The van der Waals surface area contributed by atoms with E-state index in [1.165, 1.54) is 0 Å². The van der Waals surface area contributed by atoms with Gasteiger partial charge in [-0.1, -0.05) is 27.7 Å². The minimum atomic E-state index is -0.381. The molecule has 2 fully saturated rings. The van der Waals surface area contributed by atoms with Crippen molar-refractivity contribution in [3.8, 4) is 0 Å². The third kappa shape index (κ3) is 4.87. The molecule has 0 bridgehead atoms. The van der Waals surface area contributed by atoms with Gasteiger partial charge in [0.25, 0.3) is 5.95 Å². The Kier molecular flexibility index (Phi) is 6.01. The zero-order valence-electron chi connectivity index (χ0n) is 15.1. The maximum absolute atomic E-state index is 10.4. The van der Waals surface area contributed by atoms with Crippen molar-refractivity contribution >= 4 is 0 Å². The van der Waals surface area contributed by atoms with Crippen LogP contribution in [-0.4, -0.2) is 34.1 Å². The summed E-state index contributed by atoms with van der Waals surface area (Å²) >= 11 is 0. The first-order valence-electron chi connectivity index (χ1n) is 9.08. The average Bonchev–Trinajstić information content (AvgIpc) is 2.46. The van der Waals surface area contributed by atoms with E-state index < -0.39 is 0 Å². The maximum Gasteiger partial charge on any atom is 0.275 e. The van der Waals surface area contributed by atoms with E-state index in [9.17, 15) is 15.3 Å². The van der Waals surface area contributed by atoms with E-state index in [4.69, 9.17) is 4.74 Å². The second-order valence-corrected chi connectivity index (χ2v) is 8.73. The summed E-state index contributed by atoms with van der Waals surface area (Å²) in [4.78, 5) is 0. The molecular weight excluding hydrogens is 292 g/mol. The monoisotopic (exact) mass is 326 g/mol. The van der Waals surface area contributed by atoms with E-state index in [0.717, 1.165) is 37.7 Å². The van der Waals surface area contributed by atoms with Gasteiger partial charge in [-0.2, -0.15) is 0 Å². The molecule has 4 heteroatoms. The second-order valence-electron chi connectivity index (χ2n) is 8.73. The van der Waals surface area contributed by atoms with Crippen molar-refractivity contribution in [2.45, 2.75) is 78.4 Å². The molecule has 0 aromatic heterocycles. The highest BCUT2D eigenvalue weighted by atomic mass is 16.6. The van der Waals surface area contributed by atoms with E-state index in [1.54, 1.807) is 0 Å². The van der Waals surface area contributed by atoms with E-state index >= 15 is 0 Å². The summed E-state index contributed by atoms with van der Waals surface area (Å²) in [6, 6.07) is 0. The molecule has 5 unspecified atom stereocenters. The van der Waals surface area contributed by atoms with Gasteiger partial charge in [-0.3, -0.25) is 0 Å². The lowest BCUT2D eigenvalue weighted by molar-refractivity contribution is -0.0316. The fraction of sp³-hybridized carbons (Fsp3) is 0.895. The van der Waals surface area contributed by atoms with Crippen LogP contribution in [0.1, 0.15) is 66.2 Å². The zero-order valence-corrected chi connectivity index (χ0v) is 15.1. The smallest absolute Gasteiger partial charge is 0.275 e. The zero-order chi connectivity index (χ0) is 17.2. The van der Waals surface area contributed by atoms with Gasteiger partial charge < -0.3 is 20.1 Å². The van der Waals surface area contributed by atoms with Crippen molar-refractivity contribution < 1.29 is 20.1 Å². The third-order valence-electron chi connectivity index (χ3n) is 5.81. The molecule has 0 spiro atoms. The molecule has 0 aromatic rings. The van der Waals surface area contributed by atoms with Crippen LogP contribution in [0, 0.1) is 23.2 Å². The number of rotatable bonds is 3. The summed E-state index contributed by atoms with van der Waals surface area (Å²) in [5.74, 6) is 0.914. The molecule has 0 heterocycles. The van der Waals surface area contributed by atoms with Gasteiger partial charge in [0.1, 0.15) is 0 Å². The summed E-state index contributed by atoms with van der Waals surface area (Å²) in [6.07, 6.45) is 4.30. The first-order chi connectivity index (χ1) is 10.7.